The Bertz CT molecular complexity index is 1170. The van der Waals surface area contributed by atoms with E-state index < -0.39 is 41.9 Å². The van der Waals surface area contributed by atoms with E-state index in [0.29, 0.717) is 18.7 Å². The van der Waals surface area contributed by atoms with Crippen molar-refractivity contribution in [1.29, 1.82) is 0 Å². The summed E-state index contributed by atoms with van der Waals surface area (Å²) in [6.07, 6.45) is -4.78. The zero-order chi connectivity index (χ0) is 28.6. The van der Waals surface area contributed by atoms with Crippen molar-refractivity contribution < 1.29 is 40.7 Å². The topological polar surface area (TPSA) is 83.6 Å². The number of benzene rings is 1. The van der Waals surface area contributed by atoms with Gasteiger partial charge in [0.2, 0.25) is 0 Å². The van der Waals surface area contributed by atoms with Gasteiger partial charge < -0.3 is 20.3 Å². The minimum atomic E-state index is -4.51. The SMILES string of the molecule is CC(C)(Oc1ccc(C(F)(F)F)cc1)C(=O)N[C@H]1C[C@H]2CC[C@@H](C1)N2c1ccc(C(=O)NCC(F)(F)F)cn1. The zero-order valence-electron chi connectivity index (χ0n) is 21.2. The highest BCUT2D eigenvalue weighted by Gasteiger charge is 2.43. The molecular formula is C26H28F6N4O3. The standard InChI is InChI=1S/C26H28F6N4O3/c1-24(2,39-20-8-4-16(5-9-20)26(30,31)32)23(38)35-17-11-18-6-7-19(12-17)36(18)21-10-3-15(13-33-21)22(37)34-14-25(27,28)29/h3-5,8-10,13,17-19H,6-7,11-12,14H2,1-2H3,(H,34,37)(H,35,38)/t17-,18+,19-. The Balaban J connectivity index is 1.34. The number of carbonyl (C=O) groups is 2. The monoisotopic (exact) mass is 558 g/mol. The van der Waals surface area contributed by atoms with Crippen molar-refractivity contribution in [3.05, 3.63) is 53.7 Å². The van der Waals surface area contributed by atoms with Crippen molar-refractivity contribution >= 4 is 17.6 Å². The molecule has 1 aromatic carbocycles. The van der Waals surface area contributed by atoms with Gasteiger partial charge in [0, 0.05) is 24.3 Å². The molecule has 2 aromatic rings. The van der Waals surface area contributed by atoms with Gasteiger partial charge in [-0.1, -0.05) is 0 Å². The lowest BCUT2D eigenvalue weighted by atomic mass is 9.96. The number of amides is 2. The Hall–Kier alpha value is -3.51. The number of fused-ring (bicyclic) bond motifs is 2. The molecular weight excluding hydrogens is 530 g/mol. The van der Waals surface area contributed by atoms with Gasteiger partial charge in [-0.25, -0.2) is 4.98 Å². The van der Waals surface area contributed by atoms with Gasteiger partial charge in [0.05, 0.1) is 11.1 Å². The molecule has 2 saturated heterocycles. The molecule has 13 heteroatoms. The predicted octanol–water partition coefficient (Wildman–Crippen LogP) is 4.87. The highest BCUT2D eigenvalue weighted by atomic mass is 19.4. The van der Waals surface area contributed by atoms with Crippen LogP contribution in [0.15, 0.2) is 42.6 Å². The molecule has 4 rings (SSSR count). The number of hydrogen-bond acceptors (Lipinski definition) is 5. The molecule has 7 nitrogen and oxygen atoms in total. The first-order valence-electron chi connectivity index (χ1n) is 12.4. The number of hydrogen-bond donors (Lipinski definition) is 2. The van der Waals surface area contributed by atoms with Crippen LogP contribution >= 0.6 is 0 Å². The van der Waals surface area contributed by atoms with Gasteiger partial charge in [-0.05, 0) is 75.9 Å². The van der Waals surface area contributed by atoms with Crippen molar-refractivity contribution in [2.45, 2.75) is 75.6 Å². The fourth-order valence-corrected chi connectivity index (χ4v) is 5.04. The van der Waals surface area contributed by atoms with E-state index in [1.54, 1.807) is 19.9 Å². The van der Waals surface area contributed by atoms with Gasteiger partial charge in [-0.3, -0.25) is 9.59 Å². The summed E-state index contributed by atoms with van der Waals surface area (Å²) in [4.78, 5) is 31.4. The van der Waals surface area contributed by atoms with E-state index in [0.717, 1.165) is 25.0 Å². The fourth-order valence-electron chi connectivity index (χ4n) is 5.04. The van der Waals surface area contributed by atoms with E-state index in [1.165, 1.54) is 24.4 Å². The molecule has 2 N–H and O–H groups in total. The third-order valence-electron chi connectivity index (χ3n) is 6.89. The molecule has 39 heavy (non-hydrogen) atoms. The Labute approximate surface area is 220 Å². The fraction of sp³-hybridized carbons (Fsp3) is 0.500. The molecule has 212 valence electrons. The maximum absolute atomic E-state index is 13.0. The van der Waals surface area contributed by atoms with Crippen molar-refractivity contribution in [1.82, 2.24) is 15.6 Å². The molecule has 2 amide bonds. The first-order valence-corrected chi connectivity index (χ1v) is 12.4. The van der Waals surface area contributed by atoms with Crippen LogP contribution in [0, 0.1) is 0 Å². The number of piperidine rings is 1. The quantitative estimate of drug-likeness (QED) is 0.474. The molecule has 2 bridgehead atoms. The number of rotatable bonds is 7. The number of nitrogens with zero attached hydrogens (tertiary/aromatic N) is 2. The van der Waals surface area contributed by atoms with Crippen LogP contribution in [0.25, 0.3) is 0 Å². The molecule has 3 atom stereocenters. The van der Waals surface area contributed by atoms with Crippen LogP contribution in [0.2, 0.25) is 0 Å². The minimum Gasteiger partial charge on any atom is -0.478 e. The Morgan fingerprint density at radius 2 is 1.59 bits per heavy atom. The average molecular weight is 559 g/mol. The van der Waals surface area contributed by atoms with Crippen molar-refractivity contribution in [3.63, 3.8) is 0 Å². The number of alkyl halides is 6. The van der Waals surface area contributed by atoms with Gasteiger partial charge in [-0.2, -0.15) is 26.3 Å². The molecule has 2 aliphatic rings. The summed E-state index contributed by atoms with van der Waals surface area (Å²) in [5.74, 6) is -0.519. The molecule has 0 aliphatic carbocycles. The molecule has 3 heterocycles. The van der Waals surface area contributed by atoms with E-state index in [-0.39, 0.29) is 29.4 Å². The van der Waals surface area contributed by atoms with Gasteiger partial charge in [-0.15, -0.1) is 0 Å². The summed E-state index contributed by atoms with van der Waals surface area (Å²) in [5.41, 5.74) is -2.12. The number of halogens is 6. The molecule has 2 fully saturated rings. The van der Waals surface area contributed by atoms with E-state index >= 15 is 0 Å². The van der Waals surface area contributed by atoms with Gasteiger partial charge in [0.15, 0.2) is 5.60 Å². The average Bonchev–Trinajstić information content (AvgIpc) is 3.11. The second-order valence-corrected chi connectivity index (χ2v) is 10.3. The summed E-state index contributed by atoms with van der Waals surface area (Å²) < 4.78 is 81.2. The second kappa shape index (κ2) is 10.6. The number of pyridine rings is 1. The largest absolute Gasteiger partial charge is 0.478 e. The number of carbonyl (C=O) groups excluding carboxylic acids is 2. The Morgan fingerprint density at radius 3 is 2.10 bits per heavy atom. The van der Waals surface area contributed by atoms with Crippen LogP contribution in [0.1, 0.15) is 55.5 Å². The van der Waals surface area contributed by atoms with Gasteiger partial charge in [0.25, 0.3) is 11.8 Å². The molecule has 1 aromatic heterocycles. The lowest BCUT2D eigenvalue weighted by Gasteiger charge is -2.40. The molecule has 2 aliphatic heterocycles. The molecule has 0 saturated carbocycles. The normalized spacial score (nSPS) is 21.4. The van der Waals surface area contributed by atoms with Gasteiger partial charge in [0.1, 0.15) is 18.1 Å². The maximum atomic E-state index is 13.0. The van der Waals surface area contributed by atoms with Crippen molar-refractivity contribution in [2.75, 3.05) is 11.4 Å². The zero-order valence-corrected chi connectivity index (χ0v) is 21.2. The minimum absolute atomic E-state index is 0.0211. The molecule has 0 radical (unpaired) electrons. The highest BCUT2D eigenvalue weighted by Crippen LogP contribution is 2.39. The van der Waals surface area contributed by atoms with E-state index in [2.05, 4.69) is 15.2 Å². The smallest absolute Gasteiger partial charge is 0.416 e. The van der Waals surface area contributed by atoms with Crippen molar-refractivity contribution in [2.24, 2.45) is 0 Å². The summed E-state index contributed by atoms with van der Waals surface area (Å²) in [6, 6.07) is 7.14. The van der Waals surface area contributed by atoms with E-state index in [1.807, 2.05) is 5.32 Å². The van der Waals surface area contributed by atoms with Crippen molar-refractivity contribution in [3.8, 4) is 5.75 Å². The first-order chi connectivity index (χ1) is 18.1. The maximum Gasteiger partial charge on any atom is 0.416 e. The lowest BCUT2D eigenvalue weighted by molar-refractivity contribution is -0.138. The summed E-state index contributed by atoms with van der Waals surface area (Å²) in [7, 11) is 0. The lowest BCUT2D eigenvalue weighted by Crippen LogP contribution is -2.55. The number of ether oxygens (including phenoxy) is 1. The van der Waals surface area contributed by atoms with Crippen LogP contribution in [-0.2, 0) is 11.0 Å². The van der Waals surface area contributed by atoms with E-state index in [4.69, 9.17) is 4.74 Å². The molecule has 0 spiro atoms. The number of anilines is 1. The first kappa shape index (κ1) is 28.5. The van der Waals surface area contributed by atoms with Crippen LogP contribution in [0.3, 0.4) is 0 Å². The summed E-state index contributed by atoms with van der Waals surface area (Å²) >= 11 is 0. The predicted molar refractivity (Wildman–Crippen MR) is 129 cm³/mol. The summed E-state index contributed by atoms with van der Waals surface area (Å²) in [5, 5.41) is 4.82. The number of aromatic nitrogens is 1. The molecule has 0 unspecified atom stereocenters. The van der Waals surface area contributed by atoms with E-state index in [9.17, 15) is 35.9 Å². The Kier molecular flexibility index (Phi) is 7.72. The van der Waals surface area contributed by atoms with Crippen LogP contribution in [-0.4, -0.2) is 53.2 Å². The summed E-state index contributed by atoms with van der Waals surface area (Å²) in [6.45, 7) is 1.66. The van der Waals surface area contributed by atoms with Crippen LogP contribution < -0.4 is 20.3 Å². The number of nitrogens with one attached hydrogen (secondary N) is 2. The third kappa shape index (κ3) is 6.93. The van der Waals surface area contributed by atoms with Gasteiger partial charge >= 0.3 is 12.4 Å². The third-order valence-corrected chi connectivity index (χ3v) is 6.89. The highest BCUT2D eigenvalue weighted by molar-refractivity contribution is 5.94. The van der Waals surface area contributed by atoms with Crippen LogP contribution in [0.4, 0.5) is 32.2 Å². The second-order valence-electron chi connectivity index (χ2n) is 10.3. The Morgan fingerprint density at radius 1 is 0.974 bits per heavy atom. The van der Waals surface area contributed by atoms with Crippen LogP contribution in [0.5, 0.6) is 5.75 Å².